The molecule has 0 unspecified atom stereocenters. The minimum atomic E-state index is -2.50. The highest BCUT2D eigenvalue weighted by atomic mass is 32.1. The summed E-state index contributed by atoms with van der Waals surface area (Å²) in [4.78, 5) is 17.1. The molecule has 0 bridgehead atoms. The van der Waals surface area contributed by atoms with E-state index in [1.54, 1.807) is 0 Å². The lowest BCUT2D eigenvalue weighted by Gasteiger charge is -2.06. The summed E-state index contributed by atoms with van der Waals surface area (Å²) in [7, 11) is 0. The van der Waals surface area contributed by atoms with E-state index in [1.165, 1.54) is 23.7 Å². The molecule has 9 heteroatoms. The largest absolute Gasteiger partial charge is 0.324 e. The van der Waals surface area contributed by atoms with Crippen LogP contribution in [0.15, 0.2) is 42.7 Å². The van der Waals surface area contributed by atoms with Gasteiger partial charge in [0.05, 0.1) is 16.9 Å². The lowest BCUT2D eigenvalue weighted by molar-refractivity contribution is 0.122. The van der Waals surface area contributed by atoms with Gasteiger partial charge in [-0.15, -0.1) is 11.3 Å². The number of hydrogen-bond acceptors (Lipinski definition) is 4. The molecule has 1 aromatic carbocycles. The lowest BCUT2D eigenvalue weighted by Crippen LogP contribution is -2.19. The number of rotatable bonds is 6. The maximum Gasteiger partial charge on any atom is 0.324 e. The molecular formula is C18H17F2N5OS. The van der Waals surface area contributed by atoms with Crippen LogP contribution in [0.2, 0.25) is 0 Å². The molecule has 140 valence electrons. The molecule has 0 radical (unpaired) electrons. The van der Waals surface area contributed by atoms with E-state index in [0.29, 0.717) is 16.6 Å². The number of alkyl halides is 2. The van der Waals surface area contributed by atoms with Gasteiger partial charge in [0.25, 0.3) is 6.43 Å². The SMILES string of the molecule is O=C(Nc1cnn(CC(F)F)c1)Nc1sc(C2CC2)nc1-c1ccccc1. The number of urea groups is 1. The summed E-state index contributed by atoms with van der Waals surface area (Å²) >= 11 is 1.47. The van der Waals surface area contributed by atoms with Crippen LogP contribution in [0.4, 0.5) is 24.3 Å². The highest BCUT2D eigenvalue weighted by Crippen LogP contribution is 2.46. The first-order valence-corrected chi connectivity index (χ1v) is 9.35. The van der Waals surface area contributed by atoms with E-state index >= 15 is 0 Å². The van der Waals surface area contributed by atoms with Gasteiger partial charge in [-0.3, -0.25) is 10.00 Å². The molecular weight excluding hydrogens is 372 g/mol. The third-order valence-corrected chi connectivity index (χ3v) is 5.19. The van der Waals surface area contributed by atoms with Crippen molar-refractivity contribution in [2.75, 3.05) is 10.6 Å². The average Bonchev–Trinajstić information content (AvgIpc) is 3.28. The van der Waals surface area contributed by atoms with E-state index in [-0.39, 0.29) is 0 Å². The molecule has 0 spiro atoms. The molecule has 2 amide bonds. The molecule has 0 aliphatic heterocycles. The van der Waals surface area contributed by atoms with Gasteiger partial charge in [0.15, 0.2) is 0 Å². The molecule has 1 aliphatic carbocycles. The predicted molar refractivity (Wildman–Crippen MR) is 100 cm³/mol. The first kappa shape index (κ1) is 17.6. The van der Waals surface area contributed by atoms with Gasteiger partial charge in [-0.2, -0.15) is 5.10 Å². The summed E-state index contributed by atoms with van der Waals surface area (Å²) in [6.45, 7) is -0.513. The number of thiazole rings is 1. The van der Waals surface area contributed by atoms with E-state index < -0.39 is 19.0 Å². The Morgan fingerprint density at radius 1 is 1.26 bits per heavy atom. The van der Waals surface area contributed by atoms with Gasteiger partial charge in [-0.1, -0.05) is 30.3 Å². The number of nitrogens with one attached hydrogen (secondary N) is 2. The van der Waals surface area contributed by atoms with Crippen LogP contribution in [0.5, 0.6) is 0 Å². The van der Waals surface area contributed by atoms with Crippen LogP contribution in [0.3, 0.4) is 0 Å². The second-order valence-corrected chi connectivity index (χ2v) is 7.32. The minimum Gasteiger partial charge on any atom is -0.305 e. The molecule has 1 fully saturated rings. The van der Waals surface area contributed by atoms with Crippen molar-refractivity contribution in [2.24, 2.45) is 0 Å². The van der Waals surface area contributed by atoms with Gasteiger partial charge < -0.3 is 5.32 Å². The van der Waals surface area contributed by atoms with Crippen molar-refractivity contribution in [2.45, 2.75) is 31.7 Å². The zero-order valence-corrected chi connectivity index (χ0v) is 15.0. The highest BCUT2D eigenvalue weighted by Gasteiger charge is 2.29. The number of carbonyl (C=O) groups is 1. The normalized spacial score (nSPS) is 13.7. The van der Waals surface area contributed by atoms with Gasteiger partial charge in [-0.25, -0.2) is 18.6 Å². The molecule has 2 N–H and O–H groups in total. The van der Waals surface area contributed by atoms with Crippen LogP contribution >= 0.6 is 11.3 Å². The number of nitrogens with zero attached hydrogens (tertiary/aromatic N) is 3. The second-order valence-electron chi connectivity index (χ2n) is 6.29. The number of anilines is 2. The summed E-state index contributed by atoms with van der Waals surface area (Å²) in [5.41, 5.74) is 2.02. The van der Waals surface area contributed by atoms with Crippen LogP contribution in [0.25, 0.3) is 11.3 Å². The average molecular weight is 389 g/mol. The van der Waals surface area contributed by atoms with E-state index in [9.17, 15) is 13.6 Å². The predicted octanol–water partition coefficient (Wildman–Crippen LogP) is 4.79. The monoisotopic (exact) mass is 389 g/mol. The Morgan fingerprint density at radius 3 is 2.74 bits per heavy atom. The number of amides is 2. The molecule has 6 nitrogen and oxygen atoms in total. The topological polar surface area (TPSA) is 71.8 Å². The molecule has 3 aromatic rings. The molecule has 1 saturated carbocycles. The Hall–Kier alpha value is -2.81. The third kappa shape index (κ3) is 4.30. The lowest BCUT2D eigenvalue weighted by atomic mass is 10.2. The van der Waals surface area contributed by atoms with Crippen molar-refractivity contribution in [3.8, 4) is 11.3 Å². The number of carbonyl (C=O) groups excluding carboxylic acids is 1. The molecule has 1 aliphatic rings. The zero-order valence-electron chi connectivity index (χ0n) is 14.2. The van der Waals surface area contributed by atoms with Gasteiger partial charge in [0.1, 0.15) is 17.2 Å². The number of aromatic nitrogens is 3. The minimum absolute atomic E-state index is 0.348. The van der Waals surface area contributed by atoms with Crippen molar-refractivity contribution in [3.05, 3.63) is 47.7 Å². The molecule has 2 heterocycles. The second kappa shape index (κ2) is 7.43. The first-order valence-electron chi connectivity index (χ1n) is 8.53. The Labute approximate surface area is 158 Å². The maximum atomic E-state index is 12.4. The molecule has 0 atom stereocenters. The molecule has 0 saturated heterocycles. The van der Waals surface area contributed by atoms with Gasteiger partial charge in [-0.05, 0) is 12.8 Å². The Bertz CT molecular complexity index is 936. The smallest absolute Gasteiger partial charge is 0.305 e. The summed E-state index contributed by atoms with van der Waals surface area (Å²) in [5.74, 6) is 0.476. The van der Waals surface area contributed by atoms with E-state index in [1.807, 2.05) is 30.3 Å². The van der Waals surface area contributed by atoms with Gasteiger partial charge >= 0.3 is 6.03 Å². The van der Waals surface area contributed by atoms with Crippen LogP contribution in [0.1, 0.15) is 23.8 Å². The van der Waals surface area contributed by atoms with Gasteiger partial charge in [0.2, 0.25) is 0 Å². The Kier molecular flexibility index (Phi) is 4.85. The Balaban J connectivity index is 1.50. The van der Waals surface area contributed by atoms with Crippen LogP contribution < -0.4 is 10.6 Å². The van der Waals surface area contributed by atoms with Crippen molar-refractivity contribution in [3.63, 3.8) is 0 Å². The third-order valence-electron chi connectivity index (χ3n) is 4.06. The molecule has 4 rings (SSSR count). The van der Waals surface area contributed by atoms with Crippen LogP contribution in [-0.2, 0) is 6.54 Å². The fourth-order valence-corrected chi connectivity index (χ4v) is 3.81. The summed E-state index contributed by atoms with van der Waals surface area (Å²) in [6, 6.07) is 9.20. The quantitative estimate of drug-likeness (QED) is 0.636. The standard InChI is InChI=1S/C18H17F2N5OS/c19-14(20)10-25-9-13(8-21-25)22-18(26)24-17-15(11-4-2-1-3-5-11)23-16(27-17)12-6-7-12/h1-5,8-9,12,14H,6-7,10H2,(H2,22,24,26). The van der Waals surface area contributed by atoms with E-state index in [0.717, 1.165) is 33.8 Å². The van der Waals surface area contributed by atoms with E-state index in [2.05, 4.69) is 15.7 Å². The van der Waals surface area contributed by atoms with Crippen molar-refractivity contribution < 1.29 is 13.6 Å². The fourth-order valence-electron chi connectivity index (χ4n) is 2.65. The fraction of sp³-hybridized carbons (Fsp3) is 0.278. The Morgan fingerprint density at radius 2 is 2.04 bits per heavy atom. The van der Waals surface area contributed by atoms with Crippen LogP contribution in [-0.4, -0.2) is 27.2 Å². The van der Waals surface area contributed by atoms with E-state index in [4.69, 9.17) is 4.98 Å². The number of halogens is 2. The number of benzene rings is 1. The molecule has 27 heavy (non-hydrogen) atoms. The number of hydrogen-bond donors (Lipinski definition) is 2. The zero-order chi connectivity index (χ0) is 18.8. The first-order chi connectivity index (χ1) is 13.1. The summed E-state index contributed by atoms with van der Waals surface area (Å²) in [6.07, 6.45) is 2.44. The van der Waals surface area contributed by atoms with Crippen molar-refractivity contribution >= 4 is 28.1 Å². The van der Waals surface area contributed by atoms with Crippen molar-refractivity contribution in [1.82, 2.24) is 14.8 Å². The van der Waals surface area contributed by atoms with Crippen molar-refractivity contribution in [1.29, 1.82) is 0 Å². The highest BCUT2D eigenvalue weighted by molar-refractivity contribution is 7.16. The summed E-state index contributed by atoms with van der Waals surface area (Å²) in [5, 5.41) is 10.9. The molecule has 2 aromatic heterocycles. The maximum absolute atomic E-state index is 12.4. The van der Waals surface area contributed by atoms with Gasteiger partial charge in [0, 0.05) is 17.7 Å². The van der Waals surface area contributed by atoms with Crippen LogP contribution in [0, 0.1) is 0 Å². The summed E-state index contributed by atoms with van der Waals surface area (Å²) < 4.78 is 25.9.